The van der Waals surface area contributed by atoms with E-state index in [2.05, 4.69) is 24.0 Å². The van der Waals surface area contributed by atoms with Crippen molar-refractivity contribution in [1.29, 1.82) is 5.26 Å². The normalized spacial score (nSPS) is 10.0. The summed E-state index contributed by atoms with van der Waals surface area (Å²) < 4.78 is 5.87. The lowest BCUT2D eigenvalue weighted by molar-refractivity contribution is 0.301. The van der Waals surface area contributed by atoms with E-state index < -0.39 is 0 Å². The first-order valence-corrected chi connectivity index (χ1v) is 6.16. The lowest BCUT2D eigenvalue weighted by Crippen LogP contribution is -2.00. The second-order valence-corrected chi connectivity index (χ2v) is 4.68. The van der Waals surface area contributed by atoms with Gasteiger partial charge in [-0.2, -0.15) is 5.26 Å². The van der Waals surface area contributed by atoms with Crippen LogP contribution in [0.15, 0.2) is 30.5 Å². The van der Waals surface area contributed by atoms with Gasteiger partial charge in [0.15, 0.2) is 0 Å². The van der Waals surface area contributed by atoms with E-state index in [0.717, 1.165) is 22.4 Å². The molecule has 0 aliphatic carbocycles. The second kappa shape index (κ2) is 5.53. The van der Waals surface area contributed by atoms with Crippen molar-refractivity contribution in [1.82, 2.24) is 4.98 Å². The van der Waals surface area contributed by atoms with E-state index in [1.807, 2.05) is 26.0 Å². The van der Waals surface area contributed by atoms with Crippen LogP contribution in [0.5, 0.6) is 5.75 Å². The highest BCUT2D eigenvalue weighted by Gasteiger charge is 2.05. The molecular weight excluding hydrogens is 236 g/mol. The van der Waals surface area contributed by atoms with Gasteiger partial charge in [0.25, 0.3) is 0 Å². The molecule has 0 fully saturated rings. The lowest BCUT2D eigenvalue weighted by Gasteiger charge is -2.13. The molecular formula is C16H16N2O. The lowest BCUT2D eigenvalue weighted by atomic mass is 10.1. The second-order valence-electron chi connectivity index (χ2n) is 4.68. The molecule has 1 aromatic heterocycles. The molecule has 3 nitrogen and oxygen atoms in total. The summed E-state index contributed by atoms with van der Waals surface area (Å²) in [5.41, 5.74) is 4.86. The molecule has 0 aliphatic heterocycles. The van der Waals surface area contributed by atoms with Crippen LogP contribution < -0.4 is 4.74 Å². The highest BCUT2D eigenvalue weighted by atomic mass is 16.5. The molecule has 1 aromatic carbocycles. The molecule has 0 saturated carbocycles. The summed E-state index contributed by atoms with van der Waals surface area (Å²) in [7, 11) is 0. The summed E-state index contributed by atoms with van der Waals surface area (Å²) in [6, 6.07) is 9.85. The standard InChI is InChI=1S/C16H16N2O/c1-11-6-12(2)16(13(3)7-11)19-10-14-4-5-18-15(8-14)9-17/h4-8H,10H2,1-3H3. The number of benzene rings is 1. The maximum atomic E-state index is 8.81. The maximum Gasteiger partial charge on any atom is 0.140 e. The van der Waals surface area contributed by atoms with Gasteiger partial charge in [-0.1, -0.05) is 17.7 Å². The van der Waals surface area contributed by atoms with Gasteiger partial charge in [-0.3, -0.25) is 0 Å². The van der Waals surface area contributed by atoms with Gasteiger partial charge in [0.2, 0.25) is 0 Å². The van der Waals surface area contributed by atoms with E-state index in [1.54, 1.807) is 12.3 Å². The monoisotopic (exact) mass is 252 g/mol. The molecule has 2 aromatic rings. The predicted octanol–water partition coefficient (Wildman–Crippen LogP) is 3.46. The summed E-state index contributed by atoms with van der Waals surface area (Å²) in [6.45, 7) is 6.61. The summed E-state index contributed by atoms with van der Waals surface area (Å²) in [5.74, 6) is 0.918. The van der Waals surface area contributed by atoms with Gasteiger partial charge >= 0.3 is 0 Å². The summed E-state index contributed by atoms with van der Waals surface area (Å²) in [5, 5.41) is 8.81. The van der Waals surface area contributed by atoms with Crippen molar-refractivity contribution in [2.45, 2.75) is 27.4 Å². The minimum atomic E-state index is 0.415. The number of rotatable bonds is 3. The van der Waals surface area contributed by atoms with Gasteiger partial charge in [0, 0.05) is 6.20 Å². The predicted molar refractivity (Wildman–Crippen MR) is 73.9 cm³/mol. The highest BCUT2D eigenvalue weighted by molar-refractivity contribution is 5.43. The number of hydrogen-bond donors (Lipinski definition) is 0. The smallest absolute Gasteiger partial charge is 0.140 e. The molecule has 0 aliphatic rings. The molecule has 1 heterocycles. The molecule has 19 heavy (non-hydrogen) atoms. The first kappa shape index (κ1) is 13.1. The van der Waals surface area contributed by atoms with E-state index in [0.29, 0.717) is 12.3 Å². The molecule has 0 spiro atoms. The minimum Gasteiger partial charge on any atom is -0.488 e. The minimum absolute atomic E-state index is 0.415. The van der Waals surface area contributed by atoms with E-state index in [4.69, 9.17) is 10.00 Å². The Morgan fingerprint density at radius 1 is 1.16 bits per heavy atom. The molecule has 96 valence electrons. The number of nitrogens with zero attached hydrogens (tertiary/aromatic N) is 2. The molecule has 0 bridgehead atoms. The Balaban J connectivity index is 2.17. The third kappa shape index (κ3) is 3.11. The average molecular weight is 252 g/mol. The topological polar surface area (TPSA) is 45.9 Å². The van der Waals surface area contributed by atoms with Crippen molar-refractivity contribution < 1.29 is 4.74 Å². The Kier molecular flexibility index (Phi) is 3.82. The van der Waals surface area contributed by atoms with Crippen LogP contribution in [-0.2, 0) is 6.61 Å². The van der Waals surface area contributed by atoms with Gasteiger partial charge in [0.1, 0.15) is 24.1 Å². The van der Waals surface area contributed by atoms with Crippen molar-refractivity contribution >= 4 is 0 Å². The quantitative estimate of drug-likeness (QED) is 0.840. The summed E-state index contributed by atoms with van der Waals surface area (Å²) in [4.78, 5) is 3.94. The number of aryl methyl sites for hydroxylation is 3. The SMILES string of the molecule is Cc1cc(C)c(OCc2ccnc(C#N)c2)c(C)c1. The average Bonchev–Trinajstić information content (AvgIpc) is 2.37. The van der Waals surface area contributed by atoms with E-state index in [1.165, 1.54) is 5.56 Å². The van der Waals surface area contributed by atoms with Gasteiger partial charge in [0.05, 0.1) is 0 Å². The Bertz CT molecular complexity index is 618. The maximum absolute atomic E-state index is 8.81. The van der Waals surface area contributed by atoms with Crippen LogP contribution in [0.4, 0.5) is 0 Å². The molecule has 0 N–H and O–H groups in total. The molecule has 0 amide bonds. The van der Waals surface area contributed by atoms with Gasteiger partial charge in [-0.25, -0.2) is 4.98 Å². The zero-order chi connectivity index (χ0) is 13.8. The van der Waals surface area contributed by atoms with Crippen LogP contribution in [0.2, 0.25) is 0 Å². The number of hydrogen-bond acceptors (Lipinski definition) is 3. The molecule has 3 heteroatoms. The largest absolute Gasteiger partial charge is 0.488 e. The van der Waals surface area contributed by atoms with Crippen LogP contribution in [0.25, 0.3) is 0 Å². The fourth-order valence-corrected chi connectivity index (χ4v) is 2.18. The summed E-state index contributed by atoms with van der Waals surface area (Å²) in [6.07, 6.45) is 1.63. The molecule has 0 unspecified atom stereocenters. The molecule has 0 saturated heterocycles. The van der Waals surface area contributed by atoms with Crippen molar-refractivity contribution in [3.05, 3.63) is 58.4 Å². The van der Waals surface area contributed by atoms with Gasteiger partial charge in [-0.05, 0) is 49.6 Å². The van der Waals surface area contributed by atoms with Crippen LogP contribution in [0, 0.1) is 32.1 Å². The number of aromatic nitrogens is 1. The van der Waals surface area contributed by atoms with E-state index in [9.17, 15) is 0 Å². The van der Waals surface area contributed by atoms with Gasteiger partial charge < -0.3 is 4.74 Å². The number of nitriles is 1. The Labute approximate surface area is 113 Å². The van der Waals surface area contributed by atoms with E-state index in [-0.39, 0.29) is 0 Å². The molecule has 0 radical (unpaired) electrons. The van der Waals surface area contributed by atoms with Crippen molar-refractivity contribution in [3.8, 4) is 11.8 Å². The van der Waals surface area contributed by atoms with Gasteiger partial charge in [-0.15, -0.1) is 0 Å². The van der Waals surface area contributed by atoms with Crippen molar-refractivity contribution in [2.24, 2.45) is 0 Å². The molecule has 2 rings (SSSR count). The van der Waals surface area contributed by atoms with Crippen LogP contribution in [0.3, 0.4) is 0 Å². The number of ether oxygens (including phenoxy) is 1. The zero-order valence-electron chi connectivity index (χ0n) is 11.4. The summed E-state index contributed by atoms with van der Waals surface area (Å²) >= 11 is 0. The van der Waals surface area contributed by atoms with E-state index >= 15 is 0 Å². The molecule has 0 atom stereocenters. The Morgan fingerprint density at radius 3 is 2.47 bits per heavy atom. The Hall–Kier alpha value is -2.34. The van der Waals surface area contributed by atoms with Crippen LogP contribution in [-0.4, -0.2) is 4.98 Å². The zero-order valence-corrected chi connectivity index (χ0v) is 11.4. The number of pyridine rings is 1. The fourth-order valence-electron chi connectivity index (χ4n) is 2.18. The van der Waals surface area contributed by atoms with Crippen LogP contribution >= 0.6 is 0 Å². The first-order chi connectivity index (χ1) is 9.10. The third-order valence-corrected chi connectivity index (χ3v) is 2.93. The first-order valence-electron chi connectivity index (χ1n) is 6.16. The van der Waals surface area contributed by atoms with Crippen molar-refractivity contribution in [2.75, 3.05) is 0 Å². The third-order valence-electron chi connectivity index (χ3n) is 2.93. The highest BCUT2D eigenvalue weighted by Crippen LogP contribution is 2.25. The fraction of sp³-hybridized carbons (Fsp3) is 0.250. The van der Waals surface area contributed by atoms with Crippen LogP contribution in [0.1, 0.15) is 27.9 Å². The Morgan fingerprint density at radius 2 is 1.84 bits per heavy atom. The van der Waals surface area contributed by atoms with Crippen molar-refractivity contribution in [3.63, 3.8) is 0 Å².